The highest BCUT2D eigenvalue weighted by Gasteiger charge is 2.21. The van der Waals surface area contributed by atoms with Crippen LogP contribution in [0.5, 0.6) is 5.75 Å². The summed E-state index contributed by atoms with van der Waals surface area (Å²) in [6.45, 7) is 1.05. The monoisotopic (exact) mass is 386 g/mol. The molecule has 0 aliphatic rings. The molecule has 4 nitrogen and oxygen atoms in total. The van der Waals surface area contributed by atoms with E-state index in [0.29, 0.717) is 6.54 Å². The van der Waals surface area contributed by atoms with Gasteiger partial charge in [-0.2, -0.15) is 0 Å². The maximum Gasteiger partial charge on any atom is 0.256 e. The number of carbonyl (C=O) groups excluding carboxylic acids is 1. The zero-order valence-corrected chi connectivity index (χ0v) is 15.5. The molecule has 0 bridgehead atoms. The van der Waals surface area contributed by atoms with Gasteiger partial charge in [-0.05, 0) is 31.3 Å². The Bertz CT molecular complexity index is 737. The molecular weight excluding hydrogens is 371 g/mol. The summed E-state index contributed by atoms with van der Waals surface area (Å²) in [5.74, 6) is -0.924. The molecule has 24 heavy (non-hydrogen) atoms. The van der Waals surface area contributed by atoms with Crippen LogP contribution < -0.4 is 5.32 Å². The number of carbonyl (C=O) groups is 1. The first kappa shape index (κ1) is 18.9. The number of benzene rings is 2. The second-order valence-corrected chi connectivity index (χ2v) is 6.76. The van der Waals surface area contributed by atoms with E-state index in [4.69, 9.17) is 34.8 Å². The van der Waals surface area contributed by atoms with Gasteiger partial charge in [0.05, 0.1) is 15.1 Å². The van der Waals surface area contributed by atoms with E-state index >= 15 is 0 Å². The van der Waals surface area contributed by atoms with Crippen LogP contribution in [0.3, 0.4) is 0 Å². The van der Waals surface area contributed by atoms with Crippen molar-refractivity contribution in [2.45, 2.75) is 13.1 Å². The van der Waals surface area contributed by atoms with Crippen molar-refractivity contribution < 1.29 is 9.90 Å². The molecular formula is C17H17Cl3N2O2. The van der Waals surface area contributed by atoms with Gasteiger partial charge in [-0.25, -0.2) is 0 Å². The third kappa shape index (κ3) is 4.33. The van der Waals surface area contributed by atoms with Crippen LogP contribution in [0.2, 0.25) is 15.1 Å². The van der Waals surface area contributed by atoms with Gasteiger partial charge in [0.2, 0.25) is 0 Å². The fraction of sp³-hybridized carbons (Fsp3) is 0.235. The highest BCUT2D eigenvalue weighted by molar-refractivity contribution is 6.45. The normalized spacial score (nSPS) is 10.9. The predicted molar refractivity (Wildman–Crippen MR) is 98.1 cm³/mol. The molecule has 0 saturated carbocycles. The molecule has 1 amide bonds. The van der Waals surface area contributed by atoms with Crippen molar-refractivity contribution in [1.29, 1.82) is 0 Å². The zero-order chi connectivity index (χ0) is 17.9. The van der Waals surface area contributed by atoms with Crippen LogP contribution in [-0.4, -0.2) is 30.0 Å². The molecule has 0 unspecified atom stereocenters. The molecule has 128 valence electrons. The van der Waals surface area contributed by atoms with Gasteiger partial charge in [-0.3, -0.25) is 4.79 Å². The number of amides is 1. The number of aromatic hydroxyl groups is 1. The number of hydrogen-bond donors (Lipinski definition) is 2. The zero-order valence-electron chi connectivity index (χ0n) is 13.2. The topological polar surface area (TPSA) is 52.6 Å². The van der Waals surface area contributed by atoms with Crippen molar-refractivity contribution >= 4 is 40.7 Å². The number of hydrogen-bond acceptors (Lipinski definition) is 3. The summed E-state index contributed by atoms with van der Waals surface area (Å²) in [5, 5.41) is 12.8. The lowest BCUT2D eigenvalue weighted by Gasteiger charge is -2.15. The van der Waals surface area contributed by atoms with Crippen LogP contribution in [0, 0.1) is 0 Å². The molecule has 0 aromatic heterocycles. The minimum absolute atomic E-state index is 0.0254. The smallest absolute Gasteiger partial charge is 0.256 e. The van der Waals surface area contributed by atoms with Gasteiger partial charge in [-0.1, -0.05) is 59.1 Å². The summed E-state index contributed by atoms with van der Waals surface area (Å²) < 4.78 is 0. The van der Waals surface area contributed by atoms with E-state index in [0.717, 1.165) is 17.7 Å². The molecule has 2 N–H and O–H groups in total. The quantitative estimate of drug-likeness (QED) is 0.750. The third-order valence-electron chi connectivity index (χ3n) is 3.42. The highest BCUT2D eigenvalue weighted by Crippen LogP contribution is 2.38. The van der Waals surface area contributed by atoms with E-state index in [1.165, 1.54) is 6.07 Å². The number of nitrogens with zero attached hydrogens (tertiary/aromatic N) is 1. The lowest BCUT2D eigenvalue weighted by atomic mass is 10.1. The van der Waals surface area contributed by atoms with Crippen molar-refractivity contribution in [3.63, 3.8) is 0 Å². The first-order chi connectivity index (χ1) is 11.3. The Balaban J connectivity index is 2.21. The molecule has 0 fully saturated rings. The lowest BCUT2D eigenvalue weighted by Crippen LogP contribution is -2.24. The fourth-order valence-corrected chi connectivity index (χ4v) is 2.97. The standard InChI is InChI=1S/C17H17Cl3N2O2/c1-22(2)9-11-6-4-3-5-10(11)8-21-17(24)14-15(20)12(18)7-13(19)16(14)23/h3-7,23H,8-9H2,1-2H3,(H,21,24). The number of halogens is 3. The number of phenolic OH excluding ortho intramolecular Hbond substituents is 1. The van der Waals surface area contributed by atoms with Crippen LogP contribution in [0.25, 0.3) is 0 Å². The SMILES string of the molecule is CN(C)Cc1ccccc1CNC(=O)c1c(O)c(Cl)cc(Cl)c1Cl. The largest absolute Gasteiger partial charge is 0.505 e. The Hall–Kier alpha value is -1.46. The average molecular weight is 388 g/mol. The van der Waals surface area contributed by atoms with Gasteiger partial charge in [0.25, 0.3) is 5.91 Å². The Morgan fingerprint density at radius 2 is 1.75 bits per heavy atom. The van der Waals surface area contributed by atoms with Crippen molar-refractivity contribution in [3.8, 4) is 5.75 Å². The molecule has 2 aromatic rings. The molecule has 2 aromatic carbocycles. The van der Waals surface area contributed by atoms with Crippen LogP contribution in [-0.2, 0) is 13.1 Å². The van der Waals surface area contributed by atoms with Crippen molar-refractivity contribution in [3.05, 3.63) is 62.1 Å². The average Bonchev–Trinajstić information content (AvgIpc) is 2.52. The summed E-state index contributed by atoms with van der Waals surface area (Å²) in [6, 6.07) is 9.09. The van der Waals surface area contributed by atoms with E-state index in [-0.39, 0.29) is 26.4 Å². The van der Waals surface area contributed by atoms with Crippen molar-refractivity contribution in [1.82, 2.24) is 10.2 Å². The lowest BCUT2D eigenvalue weighted by molar-refractivity contribution is 0.0948. The van der Waals surface area contributed by atoms with E-state index in [1.807, 2.05) is 43.3 Å². The minimum atomic E-state index is -0.540. The molecule has 0 aliphatic carbocycles. The fourth-order valence-electron chi connectivity index (χ4n) is 2.28. The van der Waals surface area contributed by atoms with Gasteiger partial charge in [-0.15, -0.1) is 0 Å². The molecule has 0 atom stereocenters. The number of rotatable bonds is 5. The summed E-state index contributed by atoms with van der Waals surface area (Å²) >= 11 is 17.8. The predicted octanol–water partition coefficient (Wildman–Crippen LogP) is 4.34. The molecule has 7 heteroatoms. The van der Waals surface area contributed by atoms with E-state index in [1.54, 1.807) is 0 Å². The summed E-state index contributed by atoms with van der Waals surface area (Å²) in [5.41, 5.74) is 1.95. The van der Waals surface area contributed by atoms with Gasteiger partial charge in [0, 0.05) is 13.1 Å². The van der Waals surface area contributed by atoms with E-state index in [2.05, 4.69) is 5.32 Å². The number of phenols is 1. The molecule has 0 spiro atoms. The Morgan fingerprint density at radius 1 is 1.12 bits per heavy atom. The van der Waals surface area contributed by atoms with Crippen LogP contribution in [0.15, 0.2) is 30.3 Å². The third-order valence-corrected chi connectivity index (χ3v) is 4.49. The number of nitrogens with one attached hydrogen (secondary N) is 1. The van der Waals surface area contributed by atoms with Crippen LogP contribution >= 0.6 is 34.8 Å². The molecule has 0 aliphatic heterocycles. The molecule has 0 saturated heterocycles. The summed E-state index contributed by atoms with van der Waals surface area (Å²) in [4.78, 5) is 14.5. The summed E-state index contributed by atoms with van der Waals surface area (Å²) in [6.07, 6.45) is 0. The second-order valence-electron chi connectivity index (χ2n) is 5.57. The van der Waals surface area contributed by atoms with Crippen LogP contribution in [0.4, 0.5) is 0 Å². The maximum absolute atomic E-state index is 12.4. The van der Waals surface area contributed by atoms with E-state index < -0.39 is 5.91 Å². The first-order valence-electron chi connectivity index (χ1n) is 7.17. The van der Waals surface area contributed by atoms with Crippen molar-refractivity contribution in [2.24, 2.45) is 0 Å². The van der Waals surface area contributed by atoms with Crippen molar-refractivity contribution in [2.75, 3.05) is 14.1 Å². The molecule has 0 radical (unpaired) electrons. The molecule has 0 heterocycles. The van der Waals surface area contributed by atoms with E-state index in [9.17, 15) is 9.90 Å². The van der Waals surface area contributed by atoms with Gasteiger partial charge < -0.3 is 15.3 Å². The maximum atomic E-state index is 12.4. The van der Waals surface area contributed by atoms with Gasteiger partial charge in [0.1, 0.15) is 11.3 Å². The van der Waals surface area contributed by atoms with Gasteiger partial charge >= 0.3 is 0 Å². The second kappa shape index (κ2) is 8.08. The highest BCUT2D eigenvalue weighted by atomic mass is 35.5. The van der Waals surface area contributed by atoms with Gasteiger partial charge in [0.15, 0.2) is 0 Å². The first-order valence-corrected chi connectivity index (χ1v) is 8.30. The Labute approximate surface area is 155 Å². The summed E-state index contributed by atoms with van der Waals surface area (Å²) in [7, 11) is 3.95. The Morgan fingerprint density at radius 3 is 2.38 bits per heavy atom. The Kier molecular flexibility index (Phi) is 6.35. The minimum Gasteiger partial charge on any atom is -0.505 e. The molecule has 2 rings (SSSR count). The van der Waals surface area contributed by atoms with Crippen LogP contribution in [0.1, 0.15) is 21.5 Å².